The first-order chi connectivity index (χ1) is 11.6. The Morgan fingerprint density at radius 3 is 2.21 bits per heavy atom. The number of rotatable bonds is 6. The highest BCUT2D eigenvalue weighted by Gasteiger charge is 2.30. The van der Waals surface area contributed by atoms with Crippen molar-refractivity contribution >= 4 is 11.6 Å². The van der Waals surface area contributed by atoms with E-state index in [1.54, 1.807) is 24.3 Å². The molecule has 2 aromatic carbocycles. The number of carbonyl (C=O) groups excluding carboxylic acids is 2. The quantitative estimate of drug-likeness (QED) is 0.496. The lowest BCUT2D eigenvalue weighted by atomic mass is 9.87. The molecule has 3 nitrogen and oxygen atoms in total. The zero-order chi connectivity index (χ0) is 16.9. The van der Waals surface area contributed by atoms with Crippen LogP contribution in [0.4, 0.5) is 0 Å². The maximum absolute atomic E-state index is 12.9. The van der Waals surface area contributed by atoms with Crippen LogP contribution in [0.5, 0.6) is 0 Å². The molecule has 0 aliphatic heterocycles. The van der Waals surface area contributed by atoms with Crippen molar-refractivity contribution in [3.05, 3.63) is 95.4 Å². The number of Topliss-reactive ketones (excluding diaryl/α,β-unsaturated/α-hetero) is 2. The Bertz CT molecular complexity index is 815. The molecule has 3 aromatic rings. The van der Waals surface area contributed by atoms with Gasteiger partial charge in [0.2, 0.25) is 5.78 Å². The Kier molecular flexibility index (Phi) is 4.71. The molecule has 120 valence electrons. The molecule has 0 fully saturated rings. The molecule has 0 N–H and O–H groups in total. The molecule has 3 rings (SSSR count). The summed E-state index contributed by atoms with van der Waals surface area (Å²) < 4.78 is 5.22. The van der Waals surface area contributed by atoms with E-state index in [2.05, 4.69) is 0 Å². The summed E-state index contributed by atoms with van der Waals surface area (Å²) in [5.41, 5.74) is 2.56. The SMILES string of the molecule is Cc1ccc(C(=O)C(Cc2ccccc2)C(=O)c2ccco2)cc1. The lowest BCUT2D eigenvalue weighted by molar-refractivity contribution is 0.0789. The first kappa shape index (κ1) is 15.9. The van der Waals surface area contributed by atoms with Crippen LogP contribution in [-0.4, -0.2) is 11.6 Å². The third kappa shape index (κ3) is 3.51. The summed E-state index contributed by atoms with van der Waals surface area (Å²) in [6.07, 6.45) is 1.80. The highest BCUT2D eigenvalue weighted by molar-refractivity contribution is 6.15. The second-order valence-electron chi connectivity index (χ2n) is 5.81. The number of ketones is 2. The fourth-order valence-corrected chi connectivity index (χ4v) is 2.66. The number of carbonyl (C=O) groups is 2. The highest BCUT2D eigenvalue weighted by atomic mass is 16.3. The molecule has 0 aliphatic carbocycles. The summed E-state index contributed by atoms with van der Waals surface area (Å²) >= 11 is 0. The van der Waals surface area contributed by atoms with Crippen LogP contribution in [0, 0.1) is 12.8 Å². The van der Waals surface area contributed by atoms with Crippen molar-refractivity contribution < 1.29 is 14.0 Å². The average molecular weight is 318 g/mol. The van der Waals surface area contributed by atoms with Crippen LogP contribution in [0.1, 0.15) is 32.0 Å². The summed E-state index contributed by atoms with van der Waals surface area (Å²) in [6, 6.07) is 20.1. The van der Waals surface area contributed by atoms with Gasteiger partial charge in [0.1, 0.15) is 0 Å². The number of aryl methyl sites for hydroxylation is 1. The van der Waals surface area contributed by atoms with Crippen molar-refractivity contribution in [2.24, 2.45) is 5.92 Å². The van der Waals surface area contributed by atoms with Crippen molar-refractivity contribution in [1.29, 1.82) is 0 Å². The molecule has 0 radical (unpaired) electrons. The second-order valence-corrected chi connectivity index (χ2v) is 5.81. The zero-order valence-corrected chi connectivity index (χ0v) is 13.4. The Labute approximate surface area is 140 Å². The van der Waals surface area contributed by atoms with Crippen LogP contribution in [0.3, 0.4) is 0 Å². The van der Waals surface area contributed by atoms with E-state index in [1.165, 1.54) is 6.26 Å². The van der Waals surface area contributed by atoms with Gasteiger partial charge in [0.15, 0.2) is 11.5 Å². The molecular weight excluding hydrogens is 300 g/mol. The van der Waals surface area contributed by atoms with Crippen LogP contribution in [0.15, 0.2) is 77.4 Å². The van der Waals surface area contributed by atoms with Gasteiger partial charge in [0.25, 0.3) is 0 Å². The van der Waals surface area contributed by atoms with Gasteiger partial charge in [-0.05, 0) is 31.0 Å². The van der Waals surface area contributed by atoms with E-state index in [9.17, 15) is 9.59 Å². The Hall–Kier alpha value is -2.94. The second kappa shape index (κ2) is 7.09. The molecule has 0 spiro atoms. The van der Waals surface area contributed by atoms with E-state index in [1.807, 2.05) is 49.4 Å². The summed E-state index contributed by atoms with van der Waals surface area (Å²) in [4.78, 5) is 25.7. The molecule has 1 heterocycles. The average Bonchev–Trinajstić information content (AvgIpc) is 3.15. The van der Waals surface area contributed by atoms with Crippen LogP contribution >= 0.6 is 0 Å². The molecule has 0 amide bonds. The lowest BCUT2D eigenvalue weighted by Crippen LogP contribution is -2.26. The Morgan fingerprint density at radius 1 is 0.875 bits per heavy atom. The molecular formula is C21H18O3. The van der Waals surface area contributed by atoms with E-state index in [4.69, 9.17) is 4.42 Å². The van der Waals surface area contributed by atoms with Gasteiger partial charge in [-0.25, -0.2) is 0 Å². The van der Waals surface area contributed by atoms with Gasteiger partial charge in [0, 0.05) is 5.56 Å². The maximum atomic E-state index is 12.9. The summed E-state index contributed by atoms with van der Waals surface area (Å²) in [7, 11) is 0. The van der Waals surface area contributed by atoms with Gasteiger partial charge in [-0.2, -0.15) is 0 Å². The minimum absolute atomic E-state index is 0.180. The normalized spacial score (nSPS) is 11.9. The van der Waals surface area contributed by atoms with E-state index < -0.39 is 5.92 Å². The molecule has 3 heteroatoms. The summed E-state index contributed by atoms with van der Waals surface area (Å²) in [5, 5.41) is 0. The number of hydrogen-bond acceptors (Lipinski definition) is 3. The Morgan fingerprint density at radius 2 is 1.58 bits per heavy atom. The van der Waals surface area contributed by atoms with Crippen LogP contribution in [-0.2, 0) is 6.42 Å². The molecule has 0 aliphatic rings. The van der Waals surface area contributed by atoms with E-state index in [-0.39, 0.29) is 17.3 Å². The van der Waals surface area contributed by atoms with Crippen molar-refractivity contribution in [3.8, 4) is 0 Å². The van der Waals surface area contributed by atoms with Gasteiger partial charge < -0.3 is 4.42 Å². The summed E-state index contributed by atoms with van der Waals surface area (Å²) in [5.74, 6) is -1.03. The van der Waals surface area contributed by atoms with E-state index in [0.717, 1.165) is 11.1 Å². The number of furan rings is 1. The first-order valence-corrected chi connectivity index (χ1v) is 7.87. The lowest BCUT2D eigenvalue weighted by Gasteiger charge is -2.14. The highest BCUT2D eigenvalue weighted by Crippen LogP contribution is 2.20. The van der Waals surface area contributed by atoms with E-state index >= 15 is 0 Å². The fourth-order valence-electron chi connectivity index (χ4n) is 2.66. The smallest absolute Gasteiger partial charge is 0.209 e. The van der Waals surface area contributed by atoms with Gasteiger partial charge >= 0.3 is 0 Å². The fraction of sp³-hybridized carbons (Fsp3) is 0.143. The topological polar surface area (TPSA) is 47.3 Å². The van der Waals surface area contributed by atoms with Crippen LogP contribution in [0.25, 0.3) is 0 Å². The van der Waals surface area contributed by atoms with Gasteiger partial charge in [-0.15, -0.1) is 0 Å². The third-order valence-corrected chi connectivity index (χ3v) is 4.02. The van der Waals surface area contributed by atoms with Crippen LogP contribution < -0.4 is 0 Å². The van der Waals surface area contributed by atoms with Gasteiger partial charge in [-0.1, -0.05) is 60.2 Å². The molecule has 1 aromatic heterocycles. The first-order valence-electron chi connectivity index (χ1n) is 7.87. The molecule has 0 saturated carbocycles. The number of benzene rings is 2. The van der Waals surface area contributed by atoms with Crippen LogP contribution in [0.2, 0.25) is 0 Å². The molecule has 1 unspecified atom stereocenters. The third-order valence-electron chi connectivity index (χ3n) is 4.02. The number of hydrogen-bond donors (Lipinski definition) is 0. The standard InChI is InChI=1S/C21H18O3/c1-15-9-11-17(12-10-15)20(22)18(14-16-6-3-2-4-7-16)21(23)19-8-5-13-24-19/h2-13,18H,14H2,1H3. The molecule has 0 bridgehead atoms. The molecule has 24 heavy (non-hydrogen) atoms. The van der Waals surface area contributed by atoms with Crippen molar-refractivity contribution in [1.82, 2.24) is 0 Å². The predicted octanol–water partition coefficient (Wildman–Crippen LogP) is 4.51. The van der Waals surface area contributed by atoms with E-state index in [0.29, 0.717) is 12.0 Å². The van der Waals surface area contributed by atoms with Crippen molar-refractivity contribution in [2.45, 2.75) is 13.3 Å². The van der Waals surface area contributed by atoms with Crippen molar-refractivity contribution in [2.75, 3.05) is 0 Å². The van der Waals surface area contributed by atoms with Gasteiger partial charge in [0.05, 0.1) is 12.2 Å². The maximum Gasteiger partial charge on any atom is 0.209 e. The Balaban J connectivity index is 1.93. The minimum atomic E-state index is -0.791. The largest absolute Gasteiger partial charge is 0.461 e. The minimum Gasteiger partial charge on any atom is -0.461 e. The molecule has 0 saturated heterocycles. The molecule has 1 atom stereocenters. The zero-order valence-electron chi connectivity index (χ0n) is 13.4. The van der Waals surface area contributed by atoms with Gasteiger partial charge in [-0.3, -0.25) is 9.59 Å². The monoisotopic (exact) mass is 318 g/mol. The predicted molar refractivity (Wildman–Crippen MR) is 92.2 cm³/mol. The van der Waals surface area contributed by atoms with Crippen molar-refractivity contribution in [3.63, 3.8) is 0 Å². The summed E-state index contributed by atoms with van der Waals surface area (Å²) in [6.45, 7) is 1.96.